The zero-order chi connectivity index (χ0) is 13.7. The normalized spacial score (nSPS) is 12.2. The topological polar surface area (TPSA) is 34.2 Å². The molecular formula is C15H17BrN2O. The summed E-state index contributed by atoms with van der Waals surface area (Å²) >= 11 is 3.47. The van der Waals surface area contributed by atoms with Crippen LogP contribution in [0.2, 0.25) is 0 Å². The van der Waals surface area contributed by atoms with E-state index in [1.54, 1.807) is 13.3 Å². The van der Waals surface area contributed by atoms with Crippen LogP contribution in [0.3, 0.4) is 0 Å². The molecule has 3 nitrogen and oxygen atoms in total. The molecule has 1 aromatic heterocycles. The number of rotatable bonds is 5. The van der Waals surface area contributed by atoms with Gasteiger partial charge in [-0.2, -0.15) is 0 Å². The van der Waals surface area contributed by atoms with Crippen LogP contribution in [0.25, 0.3) is 0 Å². The van der Waals surface area contributed by atoms with Crippen molar-refractivity contribution in [3.8, 4) is 5.75 Å². The van der Waals surface area contributed by atoms with E-state index < -0.39 is 0 Å². The van der Waals surface area contributed by atoms with Crippen molar-refractivity contribution in [2.75, 3.05) is 13.7 Å². The second kappa shape index (κ2) is 6.68. The average Bonchev–Trinajstić information content (AvgIpc) is 2.46. The summed E-state index contributed by atoms with van der Waals surface area (Å²) < 4.78 is 6.49. The summed E-state index contributed by atoms with van der Waals surface area (Å²) in [7, 11) is 1.69. The maximum absolute atomic E-state index is 5.48. The number of nitrogens with one attached hydrogen (secondary N) is 1. The number of methoxy groups -OCH3 is 1. The molecule has 0 amide bonds. The van der Waals surface area contributed by atoms with Gasteiger partial charge in [-0.1, -0.05) is 35.0 Å². The molecule has 0 spiro atoms. The summed E-state index contributed by atoms with van der Waals surface area (Å²) in [4.78, 5) is 4.20. The zero-order valence-corrected chi connectivity index (χ0v) is 12.6. The van der Waals surface area contributed by atoms with Gasteiger partial charge in [0, 0.05) is 22.4 Å². The van der Waals surface area contributed by atoms with Crippen molar-refractivity contribution in [1.29, 1.82) is 0 Å². The molecule has 0 saturated carbocycles. The Morgan fingerprint density at radius 1 is 1.37 bits per heavy atom. The molecule has 2 rings (SSSR count). The quantitative estimate of drug-likeness (QED) is 0.914. The molecule has 1 atom stereocenters. The van der Waals surface area contributed by atoms with Crippen LogP contribution in [-0.2, 0) is 0 Å². The Balaban J connectivity index is 2.45. The lowest BCUT2D eigenvalue weighted by Gasteiger charge is -2.21. The van der Waals surface area contributed by atoms with Gasteiger partial charge < -0.3 is 10.1 Å². The van der Waals surface area contributed by atoms with Crippen molar-refractivity contribution < 1.29 is 4.74 Å². The van der Waals surface area contributed by atoms with Crippen molar-refractivity contribution in [2.45, 2.75) is 13.0 Å². The Labute approximate surface area is 122 Å². The van der Waals surface area contributed by atoms with E-state index in [1.807, 2.05) is 24.4 Å². The Morgan fingerprint density at radius 3 is 2.84 bits per heavy atom. The summed E-state index contributed by atoms with van der Waals surface area (Å²) in [6, 6.07) is 10.2. The fraction of sp³-hybridized carbons (Fsp3) is 0.267. The molecular weight excluding hydrogens is 304 g/mol. The van der Waals surface area contributed by atoms with E-state index in [0.717, 1.165) is 27.9 Å². The van der Waals surface area contributed by atoms with Gasteiger partial charge in [-0.25, -0.2) is 0 Å². The van der Waals surface area contributed by atoms with Gasteiger partial charge in [0.25, 0.3) is 0 Å². The standard InChI is InChI=1S/C15H17BrN2O/c1-3-18-15(11-5-4-8-17-10-11)13-7-6-12(16)9-14(13)19-2/h4-10,15,18H,3H2,1-2H3. The van der Waals surface area contributed by atoms with Crippen LogP contribution in [0.5, 0.6) is 5.75 Å². The number of aromatic nitrogens is 1. The predicted molar refractivity (Wildman–Crippen MR) is 80.5 cm³/mol. The second-order valence-corrected chi connectivity index (χ2v) is 5.08. The third-order valence-electron chi connectivity index (χ3n) is 2.93. The van der Waals surface area contributed by atoms with E-state index in [9.17, 15) is 0 Å². The van der Waals surface area contributed by atoms with E-state index >= 15 is 0 Å². The minimum Gasteiger partial charge on any atom is -0.496 e. The van der Waals surface area contributed by atoms with Crippen molar-refractivity contribution in [2.24, 2.45) is 0 Å². The first kappa shape index (κ1) is 14.0. The maximum Gasteiger partial charge on any atom is 0.125 e. The summed E-state index contributed by atoms with van der Waals surface area (Å²) in [5.74, 6) is 0.865. The molecule has 0 saturated heterocycles. The average molecular weight is 321 g/mol. The summed E-state index contributed by atoms with van der Waals surface area (Å²) in [6.45, 7) is 2.97. The van der Waals surface area contributed by atoms with Crippen LogP contribution in [0.4, 0.5) is 0 Å². The molecule has 19 heavy (non-hydrogen) atoms. The molecule has 0 radical (unpaired) electrons. The van der Waals surface area contributed by atoms with Gasteiger partial charge in [0.1, 0.15) is 5.75 Å². The molecule has 1 unspecified atom stereocenters. The lowest BCUT2D eigenvalue weighted by Crippen LogP contribution is -2.22. The fourth-order valence-corrected chi connectivity index (χ4v) is 2.42. The van der Waals surface area contributed by atoms with E-state index in [1.165, 1.54) is 0 Å². The highest BCUT2D eigenvalue weighted by Crippen LogP contribution is 2.32. The van der Waals surface area contributed by atoms with Gasteiger partial charge >= 0.3 is 0 Å². The van der Waals surface area contributed by atoms with Crippen molar-refractivity contribution in [3.63, 3.8) is 0 Å². The van der Waals surface area contributed by atoms with E-state index in [2.05, 4.69) is 45.3 Å². The van der Waals surface area contributed by atoms with Gasteiger partial charge in [-0.15, -0.1) is 0 Å². The molecule has 1 N–H and O–H groups in total. The van der Waals surface area contributed by atoms with Crippen molar-refractivity contribution in [3.05, 3.63) is 58.3 Å². The molecule has 0 fully saturated rings. The minimum atomic E-state index is 0.0850. The lowest BCUT2D eigenvalue weighted by atomic mass is 9.99. The molecule has 0 bridgehead atoms. The first-order valence-electron chi connectivity index (χ1n) is 6.23. The van der Waals surface area contributed by atoms with Crippen LogP contribution in [0.1, 0.15) is 24.1 Å². The van der Waals surface area contributed by atoms with Crippen LogP contribution in [0.15, 0.2) is 47.2 Å². The van der Waals surface area contributed by atoms with Crippen LogP contribution < -0.4 is 10.1 Å². The van der Waals surface area contributed by atoms with Crippen molar-refractivity contribution in [1.82, 2.24) is 10.3 Å². The highest BCUT2D eigenvalue weighted by molar-refractivity contribution is 9.10. The molecule has 1 heterocycles. The Hall–Kier alpha value is -1.39. The van der Waals surface area contributed by atoms with Crippen LogP contribution in [-0.4, -0.2) is 18.6 Å². The SMILES string of the molecule is CCNC(c1cccnc1)c1ccc(Br)cc1OC. The second-order valence-electron chi connectivity index (χ2n) is 4.16. The number of hydrogen-bond donors (Lipinski definition) is 1. The summed E-state index contributed by atoms with van der Waals surface area (Å²) in [6.07, 6.45) is 3.67. The van der Waals surface area contributed by atoms with E-state index in [4.69, 9.17) is 4.74 Å². The van der Waals surface area contributed by atoms with Crippen molar-refractivity contribution >= 4 is 15.9 Å². The first-order chi connectivity index (χ1) is 9.26. The van der Waals surface area contributed by atoms with E-state index in [0.29, 0.717) is 0 Å². The van der Waals surface area contributed by atoms with Gasteiger partial charge in [0.2, 0.25) is 0 Å². The smallest absolute Gasteiger partial charge is 0.125 e. The third-order valence-corrected chi connectivity index (χ3v) is 3.43. The van der Waals surface area contributed by atoms with Gasteiger partial charge in [-0.3, -0.25) is 4.98 Å². The number of benzene rings is 1. The third kappa shape index (κ3) is 3.33. The number of pyridine rings is 1. The lowest BCUT2D eigenvalue weighted by molar-refractivity contribution is 0.404. The zero-order valence-electron chi connectivity index (χ0n) is 11.1. The summed E-state index contributed by atoms with van der Waals surface area (Å²) in [5, 5.41) is 3.47. The van der Waals surface area contributed by atoms with Crippen LogP contribution >= 0.6 is 15.9 Å². The molecule has 0 aliphatic carbocycles. The highest BCUT2D eigenvalue weighted by Gasteiger charge is 2.17. The first-order valence-corrected chi connectivity index (χ1v) is 7.02. The molecule has 0 aliphatic heterocycles. The monoisotopic (exact) mass is 320 g/mol. The highest BCUT2D eigenvalue weighted by atomic mass is 79.9. The van der Waals surface area contributed by atoms with Crippen LogP contribution in [0, 0.1) is 0 Å². The Bertz CT molecular complexity index is 531. The molecule has 0 aliphatic rings. The predicted octanol–water partition coefficient (Wildman–Crippen LogP) is 3.55. The number of hydrogen-bond acceptors (Lipinski definition) is 3. The molecule has 2 aromatic rings. The molecule has 1 aromatic carbocycles. The number of nitrogens with zero attached hydrogens (tertiary/aromatic N) is 1. The number of ether oxygens (including phenoxy) is 1. The van der Waals surface area contributed by atoms with E-state index in [-0.39, 0.29) is 6.04 Å². The van der Waals surface area contributed by atoms with Gasteiger partial charge in [0.15, 0.2) is 0 Å². The summed E-state index contributed by atoms with van der Waals surface area (Å²) in [5.41, 5.74) is 2.24. The number of halogens is 1. The minimum absolute atomic E-state index is 0.0850. The Morgan fingerprint density at radius 2 is 2.21 bits per heavy atom. The largest absolute Gasteiger partial charge is 0.496 e. The fourth-order valence-electron chi connectivity index (χ4n) is 2.08. The molecule has 100 valence electrons. The Kier molecular flexibility index (Phi) is 4.93. The van der Waals surface area contributed by atoms with Gasteiger partial charge in [-0.05, 0) is 30.3 Å². The van der Waals surface area contributed by atoms with Gasteiger partial charge in [0.05, 0.1) is 13.2 Å². The molecule has 4 heteroatoms. The maximum atomic E-state index is 5.48.